The van der Waals surface area contributed by atoms with Crippen molar-refractivity contribution in [3.8, 4) is 46.9 Å². The van der Waals surface area contributed by atoms with Crippen molar-refractivity contribution in [2.45, 2.75) is 117 Å². The van der Waals surface area contributed by atoms with Crippen molar-refractivity contribution in [1.29, 1.82) is 0 Å². The molecule has 0 amide bonds. The van der Waals surface area contributed by atoms with Gasteiger partial charge in [-0.2, -0.15) is 0 Å². The van der Waals surface area contributed by atoms with Crippen LogP contribution in [0, 0.1) is 24.7 Å². The molecule has 40 heavy (non-hydrogen) atoms. The molecule has 0 aromatic heterocycles. The molecule has 3 aromatic carbocycles. The Hall–Kier alpha value is -3.22. The topological polar surface area (TPSA) is 0 Å². The lowest BCUT2D eigenvalue weighted by Gasteiger charge is -2.13. The molecule has 0 spiro atoms. The maximum absolute atomic E-state index is 6.01. The first-order chi connectivity index (χ1) is 19.7. The van der Waals surface area contributed by atoms with E-state index in [2.05, 4.69) is 86.4 Å². The lowest BCUT2D eigenvalue weighted by molar-refractivity contribution is 0.589. The van der Waals surface area contributed by atoms with Crippen LogP contribution in [0.2, 0.25) is 0 Å². The van der Waals surface area contributed by atoms with Crippen LogP contribution in [0.1, 0.15) is 126 Å². The van der Waals surface area contributed by atoms with E-state index >= 15 is 0 Å². The number of rotatable bonds is 18. The van der Waals surface area contributed by atoms with Crippen molar-refractivity contribution >= 4 is 0 Å². The predicted molar refractivity (Wildman–Crippen MR) is 177 cm³/mol. The molecule has 0 atom stereocenters. The number of benzene rings is 3. The van der Waals surface area contributed by atoms with Crippen LogP contribution in [0.3, 0.4) is 0 Å². The Balaban J connectivity index is 1.62. The van der Waals surface area contributed by atoms with Crippen molar-refractivity contribution < 1.29 is 0 Å². The van der Waals surface area contributed by atoms with Crippen molar-refractivity contribution in [1.82, 2.24) is 0 Å². The zero-order valence-corrected chi connectivity index (χ0v) is 25.2. The van der Waals surface area contributed by atoms with E-state index in [0.717, 1.165) is 46.2 Å². The molecule has 0 bridgehead atoms. The van der Waals surface area contributed by atoms with E-state index < -0.39 is 0 Å². The largest absolute Gasteiger partial charge is 0.115 e. The first kappa shape index (κ1) is 31.3. The normalized spacial score (nSPS) is 10.8. The van der Waals surface area contributed by atoms with E-state index in [9.17, 15) is 0 Å². The summed E-state index contributed by atoms with van der Waals surface area (Å²) in [6.45, 7) is 4.54. The highest BCUT2D eigenvalue weighted by atomic mass is 14.1. The minimum atomic E-state index is 0.890. The number of hydrogen-bond donors (Lipinski definition) is 0. The van der Waals surface area contributed by atoms with Crippen LogP contribution in [0.25, 0.3) is 22.3 Å². The Bertz CT molecular complexity index is 1110. The summed E-state index contributed by atoms with van der Waals surface area (Å²) in [4.78, 5) is 0. The van der Waals surface area contributed by atoms with Gasteiger partial charge in [-0.25, -0.2) is 0 Å². The van der Waals surface area contributed by atoms with E-state index in [1.54, 1.807) is 0 Å². The fourth-order valence-electron chi connectivity index (χ4n) is 5.59. The van der Waals surface area contributed by atoms with Gasteiger partial charge in [0.25, 0.3) is 0 Å². The van der Waals surface area contributed by atoms with Crippen LogP contribution in [0.15, 0.2) is 60.7 Å². The summed E-state index contributed by atoms with van der Waals surface area (Å²) in [5.41, 5.74) is 8.90. The highest BCUT2D eigenvalue weighted by Gasteiger charge is 2.12. The molecule has 0 saturated carbocycles. The number of aryl methyl sites for hydroxylation is 2. The Morgan fingerprint density at radius 1 is 0.450 bits per heavy atom. The van der Waals surface area contributed by atoms with Crippen molar-refractivity contribution in [3.63, 3.8) is 0 Å². The molecule has 0 heterocycles. The zero-order valence-electron chi connectivity index (χ0n) is 25.2. The highest BCUT2D eigenvalue weighted by molar-refractivity contribution is 5.81. The predicted octanol–water partition coefficient (Wildman–Crippen LogP) is 11.6. The summed E-state index contributed by atoms with van der Waals surface area (Å²) in [5.74, 6) is 5.86. The smallest absolute Gasteiger partial charge is 0.0328 e. The fraction of sp³-hybridized carbons (Fsp3) is 0.450. The number of hydrogen-bond acceptors (Lipinski definition) is 0. The van der Waals surface area contributed by atoms with Gasteiger partial charge in [0.05, 0.1) is 0 Å². The van der Waals surface area contributed by atoms with Gasteiger partial charge in [0, 0.05) is 11.1 Å². The Kier molecular flexibility index (Phi) is 14.2. The minimum absolute atomic E-state index is 0.890. The van der Waals surface area contributed by atoms with Gasteiger partial charge in [0.15, 0.2) is 0 Å². The van der Waals surface area contributed by atoms with Gasteiger partial charge in [-0.05, 0) is 71.2 Å². The van der Waals surface area contributed by atoms with Crippen LogP contribution in [-0.2, 0) is 12.8 Å². The molecule has 0 heteroatoms. The summed E-state index contributed by atoms with van der Waals surface area (Å²) < 4.78 is 0. The Labute approximate surface area is 246 Å². The van der Waals surface area contributed by atoms with Gasteiger partial charge >= 0.3 is 0 Å². The first-order valence-corrected chi connectivity index (χ1v) is 16.0. The molecule has 3 aromatic rings. The quantitative estimate of drug-likeness (QED) is 0.113. The zero-order chi connectivity index (χ0) is 28.4. The van der Waals surface area contributed by atoms with Gasteiger partial charge in [-0.15, -0.1) is 12.8 Å². The molecule has 0 radical (unpaired) electrons. The third-order valence-electron chi connectivity index (χ3n) is 8.14. The van der Waals surface area contributed by atoms with Crippen molar-refractivity contribution in [2.24, 2.45) is 0 Å². The lowest BCUT2D eigenvalue weighted by Crippen LogP contribution is -1.93. The average molecular weight is 531 g/mol. The van der Waals surface area contributed by atoms with Crippen LogP contribution in [0.5, 0.6) is 0 Å². The van der Waals surface area contributed by atoms with Gasteiger partial charge in [-0.3, -0.25) is 0 Å². The summed E-state index contributed by atoms with van der Waals surface area (Å²) in [7, 11) is 0. The molecule has 0 aliphatic heterocycles. The van der Waals surface area contributed by atoms with Crippen molar-refractivity contribution in [2.75, 3.05) is 0 Å². The molecule has 0 aliphatic carbocycles. The van der Waals surface area contributed by atoms with E-state index in [0.29, 0.717) is 0 Å². The molecule has 0 unspecified atom stereocenters. The van der Waals surface area contributed by atoms with Crippen molar-refractivity contribution in [3.05, 3.63) is 82.9 Å². The van der Waals surface area contributed by atoms with Crippen LogP contribution in [0.4, 0.5) is 0 Å². The molecule has 3 rings (SSSR count). The molecule has 0 nitrogen and oxygen atoms in total. The number of terminal acetylenes is 2. The Morgan fingerprint density at radius 3 is 1.10 bits per heavy atom. The SMILES string of the molecule is C#Cc1cc(-c2ccc(CCCCCCCCC)cc2)c(C#C)cc1-c1ccc(CCCCCCCCC)cc1. The molecule has 210 valence electrons. The average Bonchev–Trinajstić information content (AvgIpc) is 3.00. The van der Waals surface area contributed by atoms with Gasteiger partial charge in [0.1, 0.15) is 0 Å². The molecule has 0 saturated heterocycles. The summed E-state index contributed by atoms with van der Waals surface area (Å²) in [6, 6.07) is 22.0. The summed E-state index contributed by atoms with van der Waals surface area (Å²) in [5, 5.41) is 0. The third kappa shape index (κ3) is 10.1. The van der Waals surface area contributed by atoms with Gasteiger partial charge < -0.3 is 0 Å². The van der Waals surface area contributed by atoms with E-state index in [-0.39, 0.29) is 0 Å². The molecular formula is C40H50. The molecule has 0 aliphatic rings. The fourth-order valence-corrected chi connectivity index (χ4v) is 5.59. The van der Waals surface area contributed by atoms with E-state index in [1.165, 1.54) is 101 Å². The molecule has 0 N–H and O–H groups in total. The third-order valence-corrected chi connectivity index (χ3v) is 8.14. The second-order valence-corrected chi connectivity index (χ2v) is 11.4. The molecular weight excluding hydrogens is 480 g/mol. The minimum Gasteiger partial charge on any atom is -0.115 e. The van der Waals surface area contributed by atoms with Crippen LogP contribution >= 0.6 is 0 Å². The monoisotopic (exact) mass is 530 g/mol. The van der Waals surface area contributed by atoms with Crippen LogP contribution < -0.4 is 0 Å². The molecule has 0 fully saturated rings. The number of unbranched alkanes of at least 4 members (excludes halogenated alkanes) is 12. The second-order valence-electron chi connectivity index (χ2n) is 11.4. The maximum atomic E-state index is 6.01. The van der Waals surface area contributed by atoms with Gasteiger partial charge in [0.2, 0.25) is 0 Å². The Morgan fingerprint density at radius 2 is 0.775 bits per heavy atom. The summed E-state index contributed by atoms with van der Waals surface area (Å²) >= 11 is 0. The van der Waals surface area contributed by atoms with E-state index in [4.69, 9.17) is 12.8 Å². The van der Waals surface area contributed by atoms with E-state index in [1.807, 2.05) is 0 Å². The maximum Gasteiger partial charge on any atom is 0.0328 e. The lowest BCUT2D eigenvalue weighted by atomic mass is 9.90. The highest BCUT2D eigenvalue weighted by Crippen LogP contribution is 2.32. The van der Waals surface area contributed by atoms with Gasteiger partial charge in [-0.1, -0.05) is 151 Å². The van der Waals surface area contributed by atoms with Crippen LogP contribution in [-0.4, -0.2) is 0 Å². The summed E-state index contributed by atoms with van der Waals surface area (Å²) in [6.07, 6.45) is 33.0. The standard InChI is InChI=1S/C40H50/c1-5-9-11-13-15-17-19-21-33-23-27-37(28-24-33)39-31-36(8-4)40(32-35(39)7-3)38-29-25-34(26-30-38)22-20-18-16-14-12-10-6-2/h3-4,23-32H,5-6,9-22H2,1-2H3. The second kappa shape index (κ2) is 18.2. The first-order valence-electron chi connectivity index (χ1n) is 16.0.